The summed E-state index contributed by atoms with van der Waals surface area (Å²) in [6.07, 6.45) is 2.97. The van der Waals surface area contributed by atoms with Crippen molar-refractivity contribution in [1.29, 1.82) is 0 Å². The van der Waals surface area contributed by atoms with Crippen molar-refractivity contribution in [3.63, 3.8) is 0 Å². The molecule has 1 aliphatic rings. The Hall–Kier alpha value is -1.40. The Morgan fingerprint density at radius 1 is 1.33 bits per heavy atom. The Kier molecular flexibility index (Phi) is 6.69. The van der Waals surface area contributed by atoms with Gasteiger partial charge in [0.2, 0.25) is 5.88 Å². The van der Waals surface area contributed by atoms with Gasteiger partial charge in [0.15, 0.2) is 5.82 Å². The molecule has 21 heavy (non-hydrogen) atoms. The third-order valence-corrected chi connectivity index (χ3v) is 3.21. The summed E-state index contributed by atoms with van der Waals surface area (Å²) in [5.74, 6) is 2.10. The van der Waals surface area contributed by atoms with Gasteiger partial charge in [-0.25, -0.2) is 4.98 Å². The molecule has 0 saturated carbocycles. The molecule has 0 radical (unpaired) electrons. The quantitative estimate of drug-likeness (QED) is 0.706. The van der Waals surface area contributed by atoms with Crippen LogP contribution in [0.1, 0.15) is 45.0 Å². The Labute approximate surface area is 126 Å². The fourth-order valence-electron chi connectivity index (χ4n) is 2.22. The Morgan fingerprint density at radius 3 is 2.95 bits per heavy atom. The second kappa shape index (κ2) is 8.79. The molecular weight excluding hydrogens is 270 g/mol. The van der Waals surface area contributed by atoms with Crippen LogP contribution in [-0.2, 0) is 9.47 Å². The molecule has 6 heteroatoms. The predicted molar refractivity (Wildman–Crippen MR) is 80.7 cm³/mol. The lowest BCUT2D eigenvalue weighted by Gasteiger charge is -2.13. The van der Waals surface area contributed by atoms with Crippen LogP contribution in [0.15, 0.2) is 6.07 Å². The molecule has 1 atom stereocenters. The molecule has 1 aromatic heterocycles. The van der Waals surface area contributed by atoms with Crippen LogP contribution >= 0.6 is 0 Å². The van der Waals surface area contributed by atoms with E-state index >= 15 is 0 Å². The molecule has 2 heterocycles. The standard InChI is InChI=1S/C15H25N3O3/c1-3-19-9-6-8-16-13-11-14(20-4-2)18-15(17-13)12-7-5-10-21-12/h11-12H,3-10H2,1-2H3,(H,16,17,18). The fraction of sp³-hybridized carbons (Fsp3) is 0.733. The van der Waals surface area contributed by atoms with Gasteiger partial charge in [0.05, 0.1) is 6.61 Å². The number of aromatic nitrogens is 2. The number of nitrogens with one attached hydrogen (secondary N) is 1. The average Bonchev–Trinajstić information content (AvgIpc) is 3.01. The van der Waals surface area contributed by atoms with Crippen molar-refractivity contribution in [3.8, 4) is 5.88 Å². The van der Waals surface area contributed by atoms with Crippen LogP contribution in [0.4, 0.5) is 5.82 Å². The summed E-state index contributed by atoms with van der Waals surface area (Å²) in [4.78, 5) is 8.99. The van der Waals surface area contributed by atoms with Gasteiger partial charge in [-0.2, -0.15) is 4.98 Å². The largest absolute Gasteiger partial charge is 0.478 e. The number of ether oxygens (including phenoxy) is 3. The molecule has 6 nitrogen and oxygen atoms in total. The van der Waals surface area contributed by atoms with E-state index in [9.17, 15) is 0 Å². The smallest absolute Gasteiger partial charge is 0.218 e. The normalized spacial score (nSPS) is 17.9. The number of nitrogens with zero attached hydrogens (tertiary/aromatic N) is 2. The number of hydrogen-bond acceptors (Lipinski definition) is 6. The van der Waals surface area contributed by atoms with Gasteiger partial charge < -0.3 is 19.5 Å². The van der Waals surface area contributed by atoms with Crippen LogP contribution in [0, 0.1) is 0 Å². The van der Waals surface area contributed by atoms with Crippen LogP contribution in [0.2, 0.25) is 0 Å². The van der Waals surface area contributed by atoms with Gasteiger partial charge in [-0.3, -0.25) is 0 Å². The Bertz CT molecular complexity index is 423. The molecule has 0 bridgehead atoms. The lowest BCUT2D eigenvalue weighted by Crippen LogP contribution is -2.11. The minimum atomic E-state index is -0.00520. The summed E-state index contributed by atoms with van der Waals surface area (Å²) < 4.78 is 16.5. The number of anilines is 1. The zero-order valence-electron chi connectivity index (χ0n) is 12.9. The third kappa shape index (κ3) is 5.13. The highest BCUT2D eigenvalue weighted by Crippen LogP contribution is 2.28. The minimum absolute atomic E-state index is 0.00520. The van der Waals surface area contributed by atoms with E-state index in [2.05, 4.69) is 15.3 Å². The predicted octanol–water partition coefficient (Wildman–Crippen LogP) is 2.57. The summed E-state index contributed by atoms with van der Waals surface area (Å²) >= 11 is 0. The lowest BCUT2D eigenvalue weighted by atomic mass is 10.2. The van der Waals surface area contributed by atoms with E-state index in [0.29, 0.717) is 18.3 Å². The van der Waals surface area contributed by atoms with Gasteiger partial charge in [-0.05, 0) is 33.1 Å². The van der Waals surface area contributed by atoms with E-state index in [1.54, 1.807) is 0 Å². The van der Waals surface area contributed by atoms with E-state index < -0.39 is 0 Å². The second-order valence-corrected chi connectivity index (χ2v) is 4.86. The molecule has 0 aliphatic carbocycles. The van der Waals surface area contributed by atoms with E-state index in [4.69, 9.17) is 14.2 Å². The van der Waals surface area contributed by atoms with E-state index in [0.717, 1.165) is 51.4 Å². The first-order chi connectivity index (χ1) is 10.3. The first kappa shape index (κ1) is 16.0. The molecule has 118 valence electrons. The highest BCUT2D eigenvalue weighted by atomic mass is 16.5. The molecule has 0 spiro atoms. The van der Waals surface area contributed by atoms with Crippen molar-refractivity contribution in [2.24, 2.45) is 0 Å². The van der Waals surface area contributed by atoms with Gasteiger partial charge >= 0.3 is 0 Å². The monoisotopic (exact) mass is 295 g/mol. The molecular formula is C15H25N3O3. The molecule has 1 aliphatic heterocycles. The molecule has 1 fully saturated rings. The highest BCUT2D eigenvalue weighted by Gasteiger charge is 2.22. The van der Waals surface area contributed by atoms with Crippen molar-refractivity contribution in [1.82, 2.24) is 9.97 Å². The van der Waals surface area contributed by atoms with Crippen molar-refractivity contribution < 1.29 is 14.2 Å². The molecule has 0 aromatic carbocycles. The summed E-state index contributed by atoms with van der Waals surface area (Å²) in [6.45, 7) is 7.64. The van der Waals surface area contributed by atoms with Gasteiger partial charge in [0.25, 0.3) is 0 Å². The van der Waals surface area contributed by atoms with Crippen molar-refractivity contribution in [2.45, 2.75) is 39.2 Å². The third-order valence-electron chi connectivity index (χ3n) is 3.21. The van der Waals surface area contributed by atoms with Gasteiger partial charge in [0, 0.05) is 32.4 Å². The van der Waals surface area contributed by atoms with E-state index in [1.807, 2.05) is 19.9 Å². The number of rotatable bonds is 9. The Morgan fingerprint density at radius 2 is 2.24 bits per heavy atom. The fourth-order valence-corrected chi connectivity index (χ4v) is 2.22. The van der Waals surface area contributed by atoms with Crippen LogP contribution < -0.4 is 10.1 Å². The molecule has 0 amide bonds. The summed E-state index contributed by atoms with van der Waals surface area (Å²) in [5, 5.41) is 3.30. The van der Waals surface area contributed by atoms with Gasteiger partial charge in [-0.1, -0.05) is 0 Å². The maximum absolute atomic E-state index is 5.66. The Balaban J connectivity index is 1.97. The summed E-state index contributed by atoms with van der Waals surface area (Å²) in [7, 11) is 0. The van der Waals surface area contributed by atoms with Gasteiger partial charge in [-0.15, -0.1) is 0 Å². The summed E-state index contributed by atoms with van der Waals surface area (Å²) in [6, 6.07) is 1.84. The van der Waals surface area contributed by atoms with Crippen LogP contribution in [0.3, 0.4) is 0 Å². The van der Waals surface area contributed by atoms with Crippen molar-refractivity contribution in [3.05, 3.63) is 11.9 Å². The topological polar surface area (TPSA) is 65.5 Å². The van der Waals surface area contributed by atoms with Gasteiger partial charge in [0.1, 0.15) is 11.9 Å². The van der Waals surface area contributed by atoms with Crippen LogP contribution in [0.5, 0.6) is 5.88 Å². The van der Waals surface area contributed by atoms with Crippen LogP contribution in [0.25, 0.3) is 0 Å². The van der Waals surface area contributed by atoms with E-state index in [1.165, 1.54) is 0 Å². The van der Waals surface area contributed by atoms with Crippen molar-refractivity contribution >= 4 is 5.82 Å². The molecule has 1 unspecified atom stereocenters. The molecule has 1 N–H and O–H groups in total. The maximum Gasteiger partial charge on any atom is 0.218 e. The molecule has 1 saturated heterocycles. The first-order valence-corrected chi connectivity index (χ1v) is 7.78. The minimum Gasteiger partial charge on any atom is -0.478 e. The maximum atomic E-state index is 5.66. The molecule has 2 rings (SSSR count). The summed E-state index contributed by atoms with van der Waals surface area (Å²) in [5.41, 5.74) is 0. The highest BCUT2D eigenvalue weighted by molar-refractivity contribution is 5.38. The first-order valence-electron chi connectivity index (χ1n) is 7.78. The van der Waals surface area contributed by atoms with E-state index in [-0.39, 0.29) is 6.10 Å². The zero-order chi connectivity index (χ0) is 14.9. The number of hydrogen-bond donors (Lipinski definition) is 1. The lowest BCUT2D eigenvalue weighted by molar-refractivity contribution is 0.104. The van der Waals surface area contributed by atoms with Crippen LogP contribution in [-0.4, -0.2) is 42.9 Å². The second-order valence-electron chi connectivity index (χ2n) is 4.86. The zero-order valence-corrected chi connectivity index (χ0v) is 12.9. The molecule has 1 aromatic rings. The average molecular weight is 295 g/mol. The van der Waals surface area contributed by atoms with Crippen molar-refractivity contribution in [2.75, 3.05) is 38.3 Å². The SMILES string of the molecule is CCOCCCNc1cc(OCC)nc(C2CCCO2)n1.